The van der Waals surface area contributed by atoms with Crippen LogP contribution in [0.25, 0.3) is 0 Å². The van der Waals surface area contributed by atoms with Crippen LogP contribution in [0.2, 0.25) is 0 Å². The zero-order chi connectivity index (χ0) is 21.9. The van der Waals surface area contributed by atoms with Gasteiger partial charge in [-0.3, -0.25) is 4.79 Å². The van der Waals surface area contributed by atoms with Gasteiger partial charge in [-0.05, 0) is 17.5 Å². The summed E-state index contributed by atoms with van der Waals surface area (Å²) in [4.78, 5) is 12.0. The number of aliphatic hydroxyl groups is 1. The number of benzene rings is 1. The first-order valence-corrected chi connectivity index (χ1v) is 12.4. The molecule has 30 heavy (non-hydrogen) atoms. The summed E-state index contributed by atoms with van der Waals surface area (Å²) in [5.74, 6) is -0.275. The van der Waals surface area contributed by atoms with E-state index in [0.717, 1.165) is 24.0 Å². The Bertz CT molecular complexity index is 548. The zero-order valence-electron chi connectivity index (χ0n) is 19.3. The molecule has 1 unspecified atom stereocenters. The SMILES string of the molecule is CCCCCCCCCCCCCCCCC(O)C(=O)NCc1cccc(CN)c1. The Balaban J connectivity index is 1.92. The fraction of sp³-hybridized carbons (Fsp3) is 0.731. The number of hydrogen-bond acceptors (Lipinski definition) is 3. The molecule has 1 rings (SSSR count). The maximum atomic E-state index is 12.0. The van der Waals surface area contributed by atoms with Gasteiger partial charge < -0.3 is 16.2 Å². The molecule has 0 aliphatic carbocycles. The Labute approximate surface area is 185 Å². The predicted molar refractivity (Wildman–Crippen MR) is 127 cm³/mol. The van der Waals surface area contributed by atoms with Gasteiger partial charge in [0.25, 0.3) is 0 Å². The summed E-state index contributed by atoms with van der Waals surface area (Å²) in [7, 11) is 0. The van der Waals surface area contributed by atoms with E-state index in [1.54, 1.807) is 0 Å². The number of carbonyl (C=O) groups is 1. The highest BCUT2D eigenvalue weighted by Gasteiger charge is 2.13. The van der Waals surface area contributed by atoms with Crippen molar-refractivity contribution in [3.8, 4) is 0 Å². The molecule has 4 nitrogen and oxygen atoms in total. The molecular formula is C26H46N2O2. The predicted octanol–water partition coefficient (Wildman–Crippen LogP) is 5.99. The third-order valence-corrected chi connectivity index (χ3v) is 5.83. The molecule has 1 aromatic carbocycles. The van der Waals surface area contributed by atoms with E-state index in [0.29, 0.717) is 19.5 Å². The molecule has 4 N–H and O–H groups in total. The number of carbonyl (C=O) groups excluding carboxylic acids is 1. The fourth-order valence-electron chi connectivity index (χ4n) is 3.84. The first-order valence-electron chi connectivity index (χ1n) is 12.4. The van der Waals surface area contributed by atoms with Crippen LogP contribution in [0.3, 0.4) is 0 Å². The molecule has 0 spiro atoms. The van der Waals surface area contributed by atoms with Crippen molar-refractivity contribution in [2.45, 2.75) is 122 Å². The summed E-state index contributed by atoms with van der Waals surface area (Å²) in [5, 5.41) is 12.9. The highest BCUT2D eigenvalue weighted by atomic mass is 16.3. The first kappa shape index (κ1) is 26.6. The molecule has 0 saturated heterocycles. The lowest BCUT2D eigenvalue weighted by Crippen LogP contribution is -2.34. The van der Waals surface area contributed by atoms with Crippen molar-refractivity contribution in [2.24, 2.45) is 5.73 Å². The Morgan fingerprint density at radius 2 is 1.37 bits per heavy atom. The van der Waals surface area contributed by atoms with E-state index < -0.39 is 6.10 Å². The molecule has 4 heteroatoms. The Morgan fingerprint density at radius 3 is 1.90 bits per heavy atom. The van der Waals surface area contributed by atoms with Crippen LogP contribution >= 0.6 is 0 Å². The maximum absolute atomic E-state index is 12.0. The number of rotatable bonds is 19. The third-order valence-electron chi connectivity index (χ3n) is 5.83. The van der Waals surface area contributed by atoms with Crippen LogP contribution in [0.5, 0.6) is 0 Å². The van der Waals surface area contributed by atoms with Crippen LogP contribution in [0, 0.1) is 0 Å². The summed E-state index contributed by atoms with van der Waals surface area (Å²) in [6.07, 6.45) is 17.9. The summed E-state index contributed by atoms with van der Waals surface area (Å²) in [6.45, 7) is 3.19. The topological polar surface area (TPSA) is 75.3 Å². The smallest absolute Gasteiger partial charge is 0.249 e. The molecule has 0 radical (unpaired) electrons. The number of amides is 1. The normalized spacial score (nSPS) is 12.1. The minimum Gasteiger partial charge on any atom is -0.383 e. The summed E-state index contributed by atoms with van der Waals surface area (Å²) >= 11 is 0. The molecule has 0 aromatic heterocycles. The lowest BCUT2D eigenvalue weighted by Gasteiger charge is -2.12. The summed E-state index contributed by atoms with van der Waals surface area (Å²) in [6, 6.07) is 7.85. The van der Waals surface area contributed by atoms with E-state index in [2.05, 4.69) is 12.2 Å². The van der Waals surface area contributed by atoms with Gasteiger partial charge in [-0.25, -0.2) is 0 Å². The average Bonchev–Trinajstić information content (AvgIpc) is 2.77. The van der Waals surface area contributed by atoms with Crippen molar-refractivity contribution < 1.29 is 9.90 Å². The van der Waals surface area contributed by atoms with Crippen molar-refractivity contribution in [3.63, 3.8) is 0 Å². The lowest BCUT2D eigenvalue weighted by atomic mass is 10.0. The average molecular weight is 419 g/mol. The van der Waals surface area contributed by atoms with Crippen molar-refractivity contribution in [2.75, 3.05) is 0 Å². The van der Waals surface area contributed by atoms with Crippen LogP contribution in [0.15, 0.2) is 24.3 Å². The van der Waals surface area contributed by atoms with Crippen LogP contribution in [-0.4, -0.2) is 17.1 Å². The largest absolute Gasteiger partial charge is 0.383 e. The minimum absolute atomic E-state index is 0.275. The van der Waals surface area contributed by atoms with Crippen LogP contribution in [0.4, 0.5) is 0 Å². The highest BCUT2D eigenvalue weighted by Crippen LogP contribution is 2.14. The second kappa shape index (κ2) is 18.4. The molecular weight excluding hydrogens is 372 g/mol. The van der Waals surface area contributed by atoms with E-state index in [1.807, 2.05) is 24.3 Å². The van der Waals surface area contributed by atoms with Crippen molar-refractivity contribution >= 4 is 5.91 Å². The van der Waals surface area contributed by atoms with E-state index in [1.165, 1.54) is 77.0 Å². The second-order valence-electron chi connectivity index (χ2n) is 8.64. The van der Waals surface area contributed by atoms with Gasteiger partial charge in [0.15, 0.2) is 0 Å². The number of aliphatic hydroxyl groups excluding tert-OH is 1. The monoisotopic (exact) mass is 418 g/mol. The van der Waals surface area contributed by atoms with E-state index in [4.69, 9.17) is 5.73 Å². The molecule has 0 aliphatic heterocycles. The molecule has 1 amide bonds. The van der Waals surface area contributed by atoms with Crippen LogP contribution in [0.1, 0.15) is 114 Å². The van der Waals surface area contributed by atoms with Gasteiger partial charge in [0.1, 0.15) is 6.10 Å². The molecule has 172 valence electrons. The Morgan fingerprint density at radius 1 is 0.867 bits per heavy atom. The standard InChI is InChI=1S/C26H46N2O2/c1-2-3-4-5-6-7-8-9-10-11-12-13-14-15-19-25(29)26(30)28-22-24-18-16-17-23(20-24)21-27/h16-18,20,25,29H,2-15,19,21-22,27H2,1H3,(H,28,30). The Hall–Kier alpha value is -1.39. The third kappa shape index (κ3) is 13.8. The van der Waals surface area contributed by atoms with E-state index in [-0.39, 0.29) is 5.91 Å². The maximum Gasteiger partial charge on any atom is 0.249 e. The van der Waals surface area contributed by atoms with Gasteiger partial charge in [0.2, 0.25) is 5.91 Å². The fourth-order valence-corrected chi connectivity index (χ4v) is 3.84. The molecule has 0 saturated carbocycles. The second-order valence-corrected chi connectivity index (χ2v) is 8.64. The van der Waals surface area contributed by atoms with Gasteiger partial charge in [-0.1, -0.05) is 121 Å². The van der Waals surface area contributed by atoms with Gasteiger partial charge in [-0.2, -0.15) is 0 Å². The van der Waals surface area contributed by atoms with E-state index >= 15 is 0 Å². The van der Waals surface area contributed by atoms with Crippen molar-refractivity contribution in [1.82, 2.24) is 5.32 Å². The zero-order valence-corrected chi connectivity index (χ0v) is 19.3. The number of nitrogens with two attached hydrogens (primary N) is 1. The molecule has 0 heterocycles. The van der Waals surface area contributed by atoms with E-state index in [9.17, 15) is 9.90 Å². The molecule has 0 bridgehead atoms. The number of hydrogen-bond donors (Lipinski definition) is 3. The summed E-state index contributed by atoms with van der Waals surface area (Å²) in [5.41, 5.74) is 7.69. The lowest BCUT2D eigenvalue weighted by molar-refractivity contribution is -0.129. The number of unbranched alkanes of at least 4 members (excludes halogenated alkanes) is 13. The highest BCUT2D eigenvalue weighted by molar-refractivity contribution is 5.80. The molecule has 1 aromatic rings. The molecule has 1 atom stereocenters. The minimum atomic E-state index is -0.903. The summed E-state index contributed by atoms with van der Waals surface area (Å²) < 4.78 is 0. The molecule has 0 fully saturated rings. The Kier molecular flexibility index (Phi) is 16.3. The molecule has 0 aliphatic rings. The van der Waals surface area contributed by atoms with Crippen LogP contribution < -0.4 is 11.1 Å². The van der Waals surface area contributed by atoms with Crippen LogP contribution in [-0.2, 0) is 17.9 Å². The quantitative estimate of drug-likeness (QED) is 0.241. The van der Waals surface area contributed by atoms with Crippen molar-refractivity contribution in [3.05, 3.63) is 35.4 Å². The van der Waals surface area contributed by atoms with Gasteiger partial charge in [0.05, 0.1) is 0 Å². The number of nitrogens with one attached hydrogen (secondary N) is 1. The van der Waals surface area contributed by atoms with Gasteiger partial charge in [-0.15, -0.1) is 0 Å². The van der Waals surface area contributed by atoms with Gasteiger partial charge in [0, 0.05) is 13.1 Å². The van der Waals surface area contributed by atoms with Crippen molar-refractivity contribution in [1.29, 1.82) is 0 Å². The first-order chi connectivity index (χ1) is 14.7. The van der Waals surface area contributed by atoms with Gasteiger partial charge >= 0.3 is 0 Å².